The Morgan fingerprint density at radius 2 is 0.846 bits per heavy atom. The molecule has 3 aromatic carbocycles. The summed E-state index contributed by atoms with van der Waals surface area (Å²) in [6.07, 6.45) is 2.21. The van der Waals surface area contributed by atoms with Crippen molar-refractivity contribution < 1.29 is 0 Å². The molecule has 0 bridgehead atoms. The third kappa shape index (κ3) is 3.21. The predicted molar refractivity (Wildman–Crippen MR) is 113 cm³/mol. The minimum Gasteiger partial charge on any atom is -0.0642 e. The van der Waals surface area contributed by atoms with E-state index in [1.807, 2.05) is 0 Å². The molecule has 0 N–H and O–H groups in total. The molecule has 0 nitrogen and oxygen atoms in total. The fraction of sp³-hybridized carbons (Fsp3) is 0.308. The highest BCUT2D eigenvalue weighted by Crippen LogP contribution is 2.40. The van der Waals surface area contributed by atoms with E-state index >= 15 is 0 Å². The second-order valence-corrected chi connectivity index (χ2v) is 7.72. The smallest absolute Gasteiger partial charge is 0.0197 e. The Morgan fingerprint density at radius 1 is 0.500 bits per heavy atom. The lowest BCUT2D eigenvalue weighted by atomic mass is 9.69. The van der Waals surface area contributed by atoms with Gasteiger partial charge >= 0.3 is 0 Å². The molecule has 0 spiro atoms. The molecular weight excluding hydrogens is 312 g/mol. The Kier molecular flexibility index (Phi) is 5.32. The first-order valence-electron chi connectivity index (χ1n) is 9.76. The van der Waals surface area contributed by atoms with Crippen LogP contribution in [0.4, 0.5) is 0 Å². The standard InChI is InChI=1S/C26H30/c1-5-26(6-2,23-15-11-8-12-16-23)24-19-17-22(18-20-24)25(3,4)21-13-9-7-10-14-21/h7-20H,5-6H2,1-4H3. The lowest BCUT2D eigenvalue weighted by molar-refractivity contribution is 0.478. The van der Waals surface area contributed by atoms with Crippen LogP contribution < -0.4 is 0 Å². The van der Waals surface area contributed by atoms with Crippen LogP contribution in [0.2, 0.25) is 0 Å². The first-order valence-corrected chi connectivity index (χ1v) is 9.76. The highest BCUT2D eigenvalue weighted by Gasteiger charge is 2.31. The summed E-state index contributed by atoms with van der Waals surface area (Å²) < 4.78 is 0. The van der Waals surface area contributed by atoms with Crippen molar-refractivity contribution in [2.24, 2.45) is 0 Å². The van der Waals surface area contributed by atoms with Gasteiger partial charge in [-0.15, -0.1) is 0 Å². The molecule has 0 heterocycles. The second-order valence-electron chi connectivity index (χ2n) is 7.72. The maximum absolute atomic E-state index is 2.35. The molecule has 0 aliphatic rings. The summed E-state index contributed by atoms with van der Waals surface area (Å²) in [6.45, 7) is 9.22. The van der Waals surface area contributed by atoms with Gasteiger partial charge < -0.3 is 0 Å². The molecule has 134 valence electrons. The van der Waals surface area contributed by atoms with Gasteiger partial charge in [-0.05, 0) is 35.1 Å². The zero-order valence-corrected chi connectivity index (χ0v) is 16.5. The lowest BCUT2D eigenvalue weighted by Crippen LogP contribution is -2.26. The molecule has 3 rings (SSSR count). The molecule has 0 saturated heterocycles. The Bertz CT molecular complexity index is 807. The molecule has 0 atom stereocenters. The Hall–Kier alpha value is -2.34. The molecule has 0 aliphatic heterocycles. The minimum atomic E-state index is 0.00757. The summed E-state index contributed by atoms with van der Waals surface area (Å²) >= 11 is 0. The molecule has 0 aromatic heterocycles. The molecule has 0 saturated carbocycles. The molecule has 0 unspecified atom stereocenters. The third-order valence-electron chi connectivity index (χ3n) is 6.19. The fourth-order valence-corrected chi connectivity index (χ4v) is 4.22. The van der Waals surface area contributed by atoms with Crippen molar-refractivity contribution in [3.63, 3.8) is 0 Å². The van der Waals surface area contributed by atoms with Crippen LogP contribution in [0.25, 0.3) is 0 Å². The van der Waals surface area contributed by atoms with Crippen LogP contribution >= 0.6 is 0 Å². The molecule has 0 radical (unpaired) electrons. The van der Waals surface area contributed by atoms with Crippen molar-refractivity contribution in [3.05, 3.63) is 107 Å². The van der Waals surface area contributed by atoms with Crippen LogP contribution in [0, 0.1) is 0 Å². The van der Waals surface area contributed by atoms with Gasteiger partial charge in [0.15, 0.2) is 0 Å². The van der Waals surface area contributed by atoms with Crippen LogP contribution in [0.5, 0.6) is 0 Å². The highest BCUT2D eigenvalue weighted by molar-refractivity contribution is 5.44. The van der Waals surface area contributed by atoms with Crippen molar-refractivity contribution in [2.45, 2.75) is 51.4 Å². The minimum absolute atomic E-state index is 0.00757. The highest BCUT2D eigenvalue weighted by atomic mass is 14.3. The predicted octanol–water partition coefficient (Wildman–Crippen LogP) is 7.12. The zero-order valence-electron chi connectivity index (χ0n) is 16.5. The normalized spacial score (nSPS) is 12.2. The van der Waals surface area contributed by atoms with Gasteiger partial charge in [0.1, 0.15) is 0 Å². The average molecular weight is 343 g/mol. The topological polar surface area (TPSA) is 0 Å². The van der Waals surface area contributed by atoms with E-state index in [0.717, 1.165) is 12.8 Å². The molecule has 0 amide bonds. The van der Waals surface area contributed by atoms with Gasteiger partial charge in [-0.1, -0.05) is 113 Å². The molecular formula is C26H30. The van der Waals surface area contributed by atoms with Crippen LogP contribution in [-0.4, -0.2) is 0 Å². The van der Waals surface area contributed by atoms with E-state index in [1.165, 1.54) is 22.3 Å². The van der Waals surface area contributed by atoms with Crippen LogP contribution in [-0.2, 0) is 10.8 Å². The fourth-order valence-electron chi connectivity index (χ4n) is 4.22. The summed E-state index contributed by atoms with van der Waals surface area (Å²) in [5, 5.41) is 0. The molecule has 0 fully saturated rings. The molecule has 0 aliphatic carbocycles. The van der Waals surface area contributed by atoms with Gasteiger partial charge in [-0.2, -0.15) is 0 Å². The number of benzene rings is 3. The van der Waals surface area contributed by atoms with E-state index in [0.29, 0.717) is 0 Å². The van der Waals surface area contributed by atoms with E-state index in [2.05, 4.69) is 113 Å². The van der Waals surface area contributed by atoms with Gasteiger partial charge in [0, 0.05) is 10.8 Å². The first-order chi connectivity index (χ1) is 12.5. The van der Waals surface area contributed by atoms with Gasteiger partial charge in [-0.25, -0.2) is 0 Å². The van der Waals surface area contributed by atoms with Crippen LogP contribution in [0.3, 0.4) is 0 Å². The summed E-state index contributed by atoms with van der Waals surface area (Å²) in [7, 11) is 0. The van der Waals surface area contributed by atoms with Gasteiger partial charge in [0.05, 0.1) is 0 Å². The monoisotopic (exact) mass is 342 g/mol. The summed E-state index contributed by atoms with van der Waals surface area (Å²) in [5.41, 5.74) is 5.65. The maximum Gasteiger partial charge on any atom is 0.0197 e. The summed E-state index contributed by atoms with van der Waals surface area (Å²) in [6, 6.07) is 31.1. The summed E-state index contributed by atoms with van der Waals surface area (Å²) in [4.78, 5) is 0. The average Bonchev–Trinajstić information content (AvgIpc) is 2.71. The van der Waals surface area contributed by atoms with E-state index in [-0.39, 0.29) is 10.8 Å². The van der Waals surface area contributed by atoms with Gasteiger partial charge in [0.25, 0.3) is 0 Å². The molecule has 3 aromatic rings. The van der Waals surface area contributed by atoms with E-state index in [4.69, 9.17) is 0 Å². The Labute approximate surface area is 158 Å². The van der Waals surface area contributed by atoms with Crippen molar-refractivity contribution in [1.82, 2.24) is 0 Å². The number of hydrogen-bond acceptors (Lipinski definition) is 0. The van der Waals surface area contributed by atoms with Crippen molar-refractivity contribution >= 4 is 0 Å². The lowest BCUT2D eigenvalue weighted by Gasteiger charge is -2.34. The van der Waals surface area contributed by atoms with E-state index < -0.39 is 0 Å². The maximum atomic E-state index is 2.35. The van der Waals surface area contributed by atoms with Gasteiger partial charge in [0.2, 0.25) is 0 Å². The van der Waals surface area contributed by atoms with Gasteiger partial charge in [-0.3, -0.25) is 0 Å². The Morgan fingerprint density at radius 3 is 1.31 bits per heavy atom. The quantitative estimate of drug-likeness (QED) is 0.447. The molecule has 26 heavy (non-hydrogen) atoms. The largest absolute Gasteiger partial charge is 0.0642 e. The number of hydrogen-bond donors (Lipinski definition) is 0. The van der Waals surface area contributed by atoms with Crippen molar-refractivity contribution in [3.8, 4) is 0 Å². The zero-order chi connectivity index (χ0) is 18.6. The third-order valence-corrected chi connectivity index (χ3v) is 6.19. The van der Waals surface area contributed by atoms with Crippen molar-refractivity contribution in [1.29, 1.82) is 0 Å². The van der Waals surface area contributed by atoms with Crippen molar-refractivity contribution in [2.75, 3.05) is 0 Å². The SMILES string of the molecule is CCC(CC)(c1ccccc1)c1ccc(C(C)(C)c2ccccc2)cc1. The van der Waals surface area contributed by atoms with E-state index in [1.54, 1.807) is 0 Å². The first kappa shape index (κ1) is 18.5. The van der Waals surface area contributed by atoms with Crippen LogP contribution in [0.15, 0.2) is 84.9 Å². The second kappa shape index (κ2) is 7.50. The van der Waals surface area contributed by atoms with Crippen LogP contribution in [0.1, 0.15) is 62.8 Å². The molecule has 0 heteroatoms. The number of rotatable bonds is 6. The summed E-state index contributed by atoms with van der Waals surface area (Å²) in [5.74, 6) is 0. The van der Waals surface area contributed by atoms with E-state index in [9.17, 15) is 0 Å². The Balaban J connectivity index is 2.01.